The summed E-state index contributed by atoms with van der Waals surface area (Å²) in [6.45, 7) is 14.9. The van der Waals surface area contributed by atoms with Crippen molar-refractivity contribution in [1.82, 2.24) is 14.5 Å². The lowest BCUT2D eigenvalue weighted by molar-refractivity contribution is -0.192. The van der Waals surface area contributed by atoms with Crippen LogP contribution in [0.2, 0.25) is 0 Å². The minimum Gasteiger partial charge on any atom is -0.457 e. The number of hydrogen-bond donors (Lipinski definition) is 0. The van der Waals surface area contributed by atoms with E-state index in [-0.39, 0.29) is 30.7 Å². The molecule has 272 valence electrons. The molecular weight excluding hydrogens is 658 g/mol. The van der Waals surface area contributed by atoms with Crippen LogP contribution >= 0.6 is 0 Å². The fraction of sp³-hybridized carbons (Fsp3) is 0.526. The average Bonchev–Trinajstić information content (AvgIpc) is 3.42. The Morgan fingerprint density at radius 2 is 1.65 bits per heavy atom. The van der Waals surface area contributed by atoms with Gasteiger partial charge in [-0.2, -0.15) is 0 Å². The van der Waals surface area contributed by atoms with Gasteiger partial charge in [-0.05, 0) is 97.1 Å². The lowest BCUT2D eigenvalue weighted by Crippen LogP contribution is -2.49. The van der Waals surface area contributed by atoms with Crippen LogP contribution in [0.15, 0.2) is 29.1 Å². The van der Waals surface area contributed by atoms with Crippen LogP contribution < -0.4 is 10.3 Å². The summed E-state index contributed by atoms with van der Waals surface area (Å²) in [6, 6.07) is 6.87. The van der Waals surface area contributed by atoms with E-state index < -0.39 is 46.9 Å². The molecule has 2 aromatic heterocycles. The normalized spacial score (nSPS) is 18.7. The Hall–Kier alpha value is -4.94. The van der Waals surface area contributed by atoms with Gasteiger partial charge in [-0.3, -0.25) is 9.59 Å². The summed E-state index contributed by atoms with van der Waals surface area (Å²) in [7, 11) is 0. The molecular formula is C38H45N3O10. The van der Waals surface area contributed by atoms with Crippen LogP contribution in [0.5, 0.6) is 5.75 Å². The Bertz CT molecular complexity index is 2000. The zero-order valence-electron chi connectivity index (χ0n) is 30.5. The van der Waals surface area contributed by atoms with Crippen LogP contribution in [0.3, 0.4) is 0 Å². The number of aromatic nitrogens is 2. The molecule has 51 heavy (non-hydrogen) atoms. The third-order valence-electron chi connectivity index (χ3n) is 9.44. The van der Waals surface area contributed by atoms with E-state index in [4.69, 9.17) is 28.7 Å². The van der Waals surface area contributed by atoms with Gasteiger partial charge >= 0.3 is 24.2 Å². The van der Waals surface area contributed by atoms with Gasteiger partial charge in [0.05, 0.1) is 34.9 Å². The summed E-state index contributed by atoms with van der Waals surface area (Å²) >= 11 is 0. The number of ether oxygens (including phenoxy) is 5. The molecule has 1 aromatic carbocycles. The molecule has 3 aliphatic rings. The second kappa shape index (κ2) is 13.0. The van der Waals surface area contributed by atoms with Gasteiger partial charge in [0.25, 0.3) is 5.56 Å². The fourth-order valence-corrected chi connectivity index (χ4v) is 7.01. The third-order valence-corrected chi connectivity index (χ3v) is 9.44. The Morgan fingerprint density at radius 1 is 0.961 bits per heavy atom. The SMILES string of the molecule is CCc1c2c(nc3ccc(OC(=O)OC(C)(C)C)cc13)-c1cc3c(c(=O)n1C2)COC(=O)C3(CC)OC(=O)C1CCN(C(=O)OC(C)(C)C)CC1. The molecule has 0 spiro atoms. The Balaban J connectivity index is 1.32. The van der Waals surface area contributed by atoms with Gasteiger partial charge in [-0.1, -0.05) is 13.8 Å². The van der Waals surface area contributed by atoms with Gasteiger partial charge in [-0.25, -0.2) is 19.4 Å². The Labute approximate surface area is 296 Å². The molecule has 5 heterocycles. The van der Waals surface area contributed by atoms with Gasteiger partial charge in [0.1, 0.15) is 23.6 Å². The van der Waals surface area contributed by atoms with Crippen LogP contribution in [-0.2, 0) is 53.7 Å². The molecule has 0 saturated carbocycles. The highest BCUT2D eigenvalue weighted by molar-refractivity contribution is 5.91. The predicted octanol–water partition coefficient (Wildman–Crippen LogP) is 6.15. The van der Waals surface area contributed by atoms with Gasteiger partial charge in [0, 0.05) is 29.6 Å². The van der Waals surface area contributed by atoms with E-state index in [0.717, 1.165) is 16.5 Å². The molecule has 13 heteroatoms. The number of cyclic esters (lactones) is 1. The van der Waals surface area contributed by atoms with E-state index >= 15 is 0 Å². The number of amides is 1. The number of aryl methyl sites for hydroxylation is 1. The monoisotopic (exact) mass is 703 g/mol. The van der Waals surface area contributed by atoms with Crippen LogP contribution in [0.4, 0.5) is 9.59 Å². The third kappa shape index (κ3) is 6.77. The summed E-state index contributed by atoms with van der Waals surface area (Å²) in [5, 5.41) is 0.774. The molecule has 6 rings (SSSR count). The lowest BCUT2D eigenvalue weighted by Gasteiger charge is -2.38. The topological polar surface area (TPSA) is 153 Å². The van der Waals surface area contributed by atoms with Gasteiger partial charge in [0.15, 0.2) is 0 Å². The summed E-state index contributed by atoms with van der Waals surface area (Å²) in [5.74, 6) is -1.59. The first-order chi connectivity index (χ1) is 23.9. The number of piperidine rings is 1. The average molecular weight is 704 g/mol. The first-order valence-corrected chi connectivity index (χ1v) is 17.5. The first-order valence-electron chi connectivity index (χ1n) is 17.5. The Kier molecular flexibility index (Phi) is 9.14. The van der Waals surface area contributed by atoms with Gasteiger partial charge < -0.3 is 33.2 Å². The van der Waals surface area contributed by atoms with Crippen molar-refractivity contribution in [3.05, 3.63) is 56.9 Å². The van der Waals surface area contributed by atoms with Crippen molar-refractivity contribution in [2.24, 2.45) is 5.92 Å². The van der Waals surface area contributed by atoms with E-state index in [1.54, 1.807) is 82.2 Å². The highest BCUT2D eigenvalue weighted by Gasteiger charge is 2.51. The first kappa shape index (κ1) is 35.9. The van der Waals surface area contributed by atoms with Crippen LogP contribution in [-0.4, -0.2) is 62.9 Å². The highest BCUT2D eigenvalue weighted by Crippen LogP contribution is 2.43. The minimum atomic E-state index is -1.83. The summed E-state index contributed by atoms with van der Waals surface area (Å²) < 4.78 is 29.5. The molecule has 0 N–H and O–H groups in total. The molecule has 3 aliphatic heterocycles. The number of rotatable bonds is 5. The standard InChI is InChI=1S/C38H45N3O10/c1-9-23-24-17-22(48-35(46)51-37(6,7)8)11-12-28(24)39-30-25(23)19-41-29(30)18-27-26(31(41)42)20-47-33(44)38(27,10-2)49-32(43)21-13-15-40(16-14-21)34(45)50-36(3,4)5/h11-12,17-18,21H,9-10,13-16,19-20H2,1-8H3. The molecule has 1 amide bonds. The Morgan fingerprint density at radius 3 is 2.27 bits per heavy atom. The fourth-order valence-electron chi connectivity index (χ4n) is 7.01. The van der Waals surface area contributed by atoms with Crippen LogP contribution in [0.1, 0.15) is 96.9 Å². The van der Waals surface area contributed by atoms with Crippen LogP contribution in [0.25, 0.3) is 22.3 Å². The van der Waals surface area contributed by atoms with Crippen molar-refractivity contribution in [3.63, 3.8) is 0 Å². The highest BCUT2D eigenvalue weighted by atomic mass is 16.7. The summed E-state index contributed by atoms with van der Waals surface area (Å²) in [4.78, 5) is 72.9. The van der Waals surface area contributed by atoms with E-state index in [2.05, 4.69) is 0 Å². The van der Waals surface area contributed by atoms with E-state index in [1.165, 1.54) is 0 Å². The largest absolute Gasteiger partial charge is 0.514 e. The van der Waals surface area contributed by atoms with Crippen molar-refractivity contribution < 1.29 is 42.9 Å². The molecule has 13 nitrogen and oxygen atoms in total. The maximum Gasteiger partial charge on any atom is 0.514 e. The van der Waals surface area contributed by atoms with Crippen molar-refractivity contribution in [2.45, 2.75) is 111 Å². The molecule has 1 atom stereocenters. The van der Waals surface area contributed by atoms with Crippen molar-refractivity contribution in [1.29, 1.82) is 0 Å². The number of fused-ring (bicyclic) bond motifs is 5. The molecule has 0 aliphatic carbocycles. The molecule has 3 aromatic rings. The predicted molar refractivity (Wildman–Crippen MR) is 185 cm³/mol. The zero-order chi connectivity index (χ0) is 37.0. The molecule has 1 fully saturated rings. The van der Waals surface area contributed by atoms with Gasteiger partial charge in [0.2, 0.25) is 5.60 Å². The quantitative estimate of drug-likeness (QED) is 0.134. The maximum atomic E-state index is 14.1. The smallest absolute Gasteiger partial charge is 0.457 e. The summed E-state index contributed by atoms with van der Waals surface area (Å²) in [6.07, 6.45) is 0.0541. The molecule has 1 saturated heterocycles. The second-order valence-electron chi connectivity index (χ2n) is 15.2. The van der Waals surface area contributed by atoms with Crippen molar-refractivity contribution in [2.75, 3.05) is 13.1 Å². The molecule has 0 bridgehead atoms. The van der Waals surface area contributed by atoms with Gasteiger partial charge in [-0.15, -0.1) is 0 Å². The number of carbonyl (C=O) groups is 4. The van der Waals surface area contributed by atoms with E-state index in [0.29, 0.717) is 60.6 Å². The van der Waals surface area contributed by atoms with E-state index in [9.17, 15) is 24.0 Å². The number of likely N-dealkylation sites (tertiary alicyclic amines) is 1. The molecule has 0 radical (unpaired) electrons. The van der Waals surface area contributed by atoms with Crippen molar-refractivity contribution in [3.8, 4) is 17.1 Å². The number of pyridine rings is 2. The van der Waals surface area contributed by atoms with Crippen molar-refractivity contribution >= 4 is 35.1 Å². The lowest BCUT2D eigenvalue weighted by atomic mass is 9.85. The number of benzene rings is 1. The number of esters is 2. The number of carbonyl (C=O) groups excluding carboxylic acids is 4. The molecule has 1 unspecified atom stereocenters. The zero-order valence-corrected chi connectivity index (χ0v) is 30.5. The maximum absolute atomic E-state index is 14.1. The minimum absolute atomic E-state index is 0.0445. The summed E-state index contributed by atoms with van der Waals surface area (Å²) in [5.41, 5.74) is 0.498. The number of hydrogen-bond acceptors (Lipinski definition) is 11. The van der Waals surface area contributed by atoms with Crippen LogP contribution in [0, 0.1) is 5.92 Å². The second-order valence-corrected chi connectivity index (χ2v) is 15.2. The van der Waals surface area contributed by atoms with E-state index in [1.807, 2.05) is 6.92 Å². The number of nitrogens with zero attached hydrogens (tertiary/aromatic N) is 3.